The second-order valence-electron chi connectivity index (χ2n) is 8.21. The van der Waals surface area contributed by atoms with Crippen LogP contribution in [0.2, 0.25) is 0 Å². The first kappa shape index (κ1) is 15.6. The molecule has 5 nitrogen and oxygen atoms in total. The van der Waals surface area contributed by atoms with Gasteiger partial charge in [0.2, 0.25) is 10.0 Å². The number of nitrogens with zero attached hydrogens (tertiary/aromatic N) is 2. The Morgan fingerprint density at radius 3 is 2.26 bits per heavy atom. The van der Waals surface area contributed by atoms with Gasteiger partial charge < -0.3 is 0 Å². The van der Waals surface area contributed by atoms with Crippen molar-refractivity contribution >= 4 is 10.0 Å². The van der Waals surface area contributed by atoms with Crippen LogP contribution in [0, 0.1) is 23.2 Å². The zero-order valence-electron chi connectivity index (χ0n) is 14.0. The molecule has 1 N–H and O–H groups in total. The lowest BCUT2D eigenvalue weighted by Gasteiger charge is -2.59. The van der Waals surface area contributed by atoms with Gasteiger partial charge in [-0.15, -0.1) is 0 Å². The first-order valence-corrected chi connectivity index (χ1v) is 10.4. The third kappa shape index (κ3) is 2.64. The summed E-state index contributed by atoms with van der Waals surface area (Å²) in [6.45, 7) is 2.12. The summed E-state index contributed by atoms with van der Waals surface area (Å²) in [7, 11) is -1.73. The van der Waals surface area contributed by atoms with Gasteiger partial charge in [0.05, 0.1) is 6.20 Å². The van der Waals surface area contributed by atoms with Gasteiger partial charge in [-0.3, -0.25) is 4.68 Å². The van der Waals surface area contributed by atoms with E-state index in [9.17, 15) is 8.42 Å². The van der Waals surface area contributed by atoms with Gasteiger partial charge in [-0.2, -0.15) is 5.10 Å². The molecule has 1 atom stereocenters. The normalized spacial score (nSPS) is 37.2. The van der Waals surface area contributed by atoms with E-state index in [-0.39, 0.29) is 16.4 Å². The first-order chi connectivity index (χ1) is 10.9. The molecule has 0 aliphatic heterocycles. The molecule has 4 aliphatic rings. The van der Waals surface area contributed by atoms with E-state index >= 15 is 0 Å². The second-order valence-corrected chi connectivity index (χ2v) is 9.93. The number of aryl methyl sites for hydroxylation is 1. The highest BCUT2D eigenvalue weighted by molar-refractivity contribution is 7.89. The van der Waals surface area contributed by atoms with Crippen molar-refractivity contribution in [3.63, 3.8) is 0 Å². The minimum Gasteiger partial charge on any atom is -0.274 e. The van der Waals surface area contributed by atoms with Gasteiger partial charge in [0.15, 0.2) is 0 Å². The number of nitrogens with one attached hydrogen (secondary N) is 1. The van der Waals surface area contributed by atoms with E-state index < -0.39 is 10.0 Å². The second kappa shape index (κ2) is 5.31. The fourth-order valence-electron chi connectivity index (χ4n) is 6.04. The van der Waals surface area contributed by atoms with Gasteiger partial charge in [-0.1, -0.05) is 6.92 Å². The van der Waals surface area contributed by atoms with Crippen LogP contribution in [0.15, 0.2) is 17.3 Å². The molecule has 4 saturated carbocycles. The number of hydrogen-bond acceptors (Lipinski definition) is 3. The van der Waals surface area contributed by atoms with E-state index in [0.29, 0.717) is 0 Å². The number of aromatic nitrogens is 2. The molecule has 4 fully saturated rings. The van der Waals surface area contributed by atoms with Crippen molar-refractivity contribution in [2.24, 2.45) is 30.2 Å². The molecule has 0 saturated heterocycles. The smallest absolute Gasteiger partial charge is 0.243 e. The largest absolute Gasteiger partial charge is 0.274 e. The third-order valence-electron chi connectivity index (χ3n) is 6.52. The predicted molar refractivity (Wildman–Crippen MR) is 88.2 cm³/mol. The summed E-state index contributed by atoms with van der Waals surface area (Å²) in [5.41, 5.74) is 0.193. The van der Waals surface area contributed by atoms with Gasteiger partial charge in [0, 0.05) is 19.3 Å². The monoisotopic (exact) mass is 337 g/mol. The number of hydrogen-bond donors (Lipinski definition) is 1. The quantitative estimate of drug-likeness (QED) is 0.898. The van der Waals surface area contributed by atoms with E-state index in [4.69, 9.17) is 0 Å². The van der Waals surface area contributed by atoms with Crippen molar-refractivity contribution < 1.29 is 8.42 Å². The van der Waals surface area contributed by atoms with Crippen LogP contribution < -0.4 is 4.72 Å². The van der Waals surface area contributed by atoms with Crippen LogP contribution in [-0.2, 0) is 17.1 Å². The van der Waals surface area contributed by atoms with Crippen molar-refractivity contribution in [2.75, 3.05) is 0 Å². The molecule has 0 spiro atoms. The summed E-state index contributed by atoms with van der Waals surface area (Å²) in [6, 6.07) is 0.0566. The summed E-state index contributed by atoms with van der Waals surface area (Å²) in [5.74, 6) is 2.49. The SMILES string of the molecule is CC[C@@H](NS(=O)(=O)c1cnn(C)c1)C12CC3CC(CC(C3)C1)C2. The Labute approximate surface area is 138 Å². The van der Waals surface area contributed by atoms with Crippen LogP contribution >= 0.6 is 0 Å². The fourth-order valence-corrected chi connectivity index (χ4v) is 7.44. The lowest BCUT2D eigenvalue weighted by Crippen LogP contribution is -2.56. The molecule has 1 heterocycles. The van der Waals surface area contributed by atoms with Crippen LogP contribution in [0.5, 0.6) is 0 Å². The summed E-state index contributed by atoms with van der Waals surface area (Å²) < 4.78 is 30.1. The maximum Gasteiger partial charge on any atom is 0.243 e. The molecular weight excluding hydrogens is 310 g/mol. The Hall–Kier alpha value is -0.880. The maximum absolute atomic E-state index is 12.7. The van der Waals surface area contributed by atoms with Crippen molar-refractivity contribution in [3.05, 3.63) is 12.4 Å². The zero-order valence-corrected chi connectivity index (χ0v) is 14.8. The van der Waals surface area contributed by atoms with Crippen molar-refractivity contribution in [1.29, 1.82) is 0 Å². The number of rotatable bonds is 5. The van der Waals surface area contributed by atoms with Crippen LogP contribution in [0.25, 0.3) is 0 Å². The Kier molecular flexibility index (Phi) is 3.61. The molecule has 0 aromatic carbocycles. The average molecular weight is 337 g/mol. The first-order valence-electron chi connectivity index (χ1n) is 8.91. The highest BCUT2D eigenvalue weighted by Crippen LogP contribution is 2.61. The van der Waals surface area contributed by atoms with Crippen molar-refractivity contribution in [3.8, 4) is 0 Å². The lowest BCUT2D eigenvalue weighted by molar-refractivity contribution is -0.0704. The molecule has 0 unspecified atom stereocenters. The average Bonchev–Trinajstić information content (AvgIpc) is 2.91. The summed E-state index contributed by atoms with van der Waals surface area (Å²) in [6.07, 6.45) is 11.7. The highest BCUT2D eigenvalue weighted by Gasteiger charge is 2.54. The molecule has 1 aromatic rings. The molecule has 6 heteroatoms. The van der Waals surface area contributed by atoms with Crippen LogP contribution in [0.1, 0.15) is 51.9 Å². The Morgan fingerprint density at radius 1 is 1.26 bits per heavy atom. The molecule has 0 amide bonds. The molecular formula is C17H27N3O2S. The lowest BCUT2D eigenvalue weighted by atomic mass is 9.47. The van der Waals surface area contributed by atoms with Gasteiger partial charge in [0.25, 0.3) is 0 Å². The van der Waals surface area contributed by atoms with Crippen LogP contribution in [0.4, 0.5) is 0 Å². The standard InChI is InChI=1S/C17H27N3O2S/c1-3-16(19-23(21,22)15-10-18-20(2)11-15)17-7-12-4-13(8-17)6-14(5-12)9-17/h10-14,16,19H,3-9H2,1-2H3/t12?,13?,14?,16-,17?/m1/s1. The van der Waals surface area contributed by atoms with Gasteiger partial charge in [-0.25, -0.2) is 13.1 Å². The number of sulfonamides is 1. The minimum absolute atomic E-state index is 0.0566. The van der Waals surface area contributed by atoms with Crippen LogP contribution in [-0.4, -0.2) is 24.2 Å². The zero-order chi connectivity index (χ0) is 16.2. The Morgan fingerprint density at radius 2 is 1.83 bits per heavy atom. The van der Waals surface area contributed by atoms with E-state index in [1.54, 1.807) is 17.9 Å². The van der Waals surface area contributed by atoms with E-state index in [2.05, 4.69) is 16.7 Å². The summed E-state index contributed by atoms with van der Waals surface area (Å²) in [4.78, 5) is 0.281. The maximum atomic E-state index is 12.7. The fraction of sp³-hybridized carbons (Fsp3) is 0.824. The predicted octanol–water partition coefficient (Wildman–Crippen LogP) is 2.69. The molecule has 23 heavy (non-hydrogen) atoms. The molecule has 0 radical (unpaired) electrons. The summed E-state index contributed by atoms with van der Waals surface area (Å²) >= 11 is 0. The van der Waals surface area contributed by atoms with E-state index in [1.807, 2.05) is 0 Å². The van der Waals surface area contributed by atoms with E-state index in [0.717, 1.165) is 24.2 Å². The highest BCUT2D eigenvalue weighted by atomic mass is 32.2. The molecule has 4 aliphatic carbocycles. The van der Waals surface area contributed by atoms with Crippen LogP contribution in [0.3, 0.4) is 0 Å². The molecule has 1 aromatic heterocycles. The molecule has 5 rings (SSSR count). The van der Waals surface area contributed by atoms with Gasteiger partial charge in [0.1, 0.15) is 4.90 Å². The van der Waals surface area contributed by atoms with Gasteiger partial charge in [-0.05, 0) is 68.1 Å². The Bertz CT molecular complexity index is 659. The third-order valence-corrected chi connectivity index (χ3v) is 7.95. The van der Waals surface area contributed by atoms with Crippen molar-refractivity contribution in [1.82, 2.24) is 14.5 Å². The van der Waals surface area contributed by atoms with E-state index in [1.165, 1.54) is 44.7 Å². The Balaban J connectivity index is 1.59. The summed E-state index contributed by atoms with van der Waals surface area (Å²) in [5, 5.41) is 4.01. The molecule has 4 bridgehead atoms. The minimum atomic E-state index is -3.48. The topological polar surface area (TPSA) is 64.0 Å². The van der Waals surface area contributed by atoms with Crippen molar-refractivity contribution in [2.45, 2.75) is 62.8 Å². The molecule has 128 valence electrons. The van der Waals surface area contributed by atoms with Gasteiger partial charge >= 0.3 is 0 Å².